The van der Waals surface area contributed by atoms with Gasteiger partial charge in [0, 0.05) is 15.7 Å². The Hall–Kier alpha value is -2.87. The van der Waals surface area contributed by atoms with E-state index < -0.39 is 10.0 Å². The summed E-state index contributed by atoms with van der Waals surface area (Å²) in [4.78, 5) is 1.46. The number of nitrogens with one attached hydrogen (secondary N) is 1. The Balaban J connectivity index is 1.79. The summed E-state index contributed by atoms with van der Waals surface area (Å²) in [5.74, 6) is 0.483. The molecule has 0 saturated heterocycles. The molecule has 0 heterocycles. The van der Waals surface area contributed by atoms with E-state index in [0.29, 0.717) is 27.1 Å². The van der Waals surface area contributed by atoms with Crippen molar-refractivity contribution in [1.29, 1.82) is 0 Å². The molecular formula is C23H18ClNO4S2. The van der Waals surface area contributed by atoms with Gasteiger partial charge in [-0.1, -0.05) is 65.8 Å². The summed E-state index contributed by atoms with van der Waals surface area (Å²) in [6.07, 6.45) is 0. The molecule has 5 nitrogen and oxygen atoms in total. The number of aromatic hydroxyl groups is 1. The van der Waals surface area contributed by atoms with E-state index in [2.05, 4.69) is 4.72 Å². The number of rotatable bonds is 6. The number of halogens is 1. The van der Waals surface area contributed by atoms with Gasteiger partial charge in [0.1, 0.15) is 11.5 Å². The molecular weight excluding hydrogens is 454 g/mol. The van der Waals surface area contributed by atoms with Crippen molar-refractivity contribution >= 4 is 49.8 Å². The van der Waals surface area contributed by atoms with Crippen LogP contribution in [0.3, 0.4) is 0 Å². The number of hydrogen-bond donors (Lipinski definition) is 2. The minimum absolute atomic E-state index is 0.00715. The molecule has 4 rings (SSSR count). The maximum Gasteiger partial charge on any atom is 0.261 e. The van der Waals surface area contributed by atoms with E-state index in [9.17, 15) is 13.5 Å². The minimum atomic E-state index is -3.94. The number of anilines is 1. The van der Waals surface area contributed by atoms with E-state index >= 15 is 0 Å². The van der Waals surface area contributed by atoms with E-state index in [1.165, 1.54) is 37.1 Å². The van der Waals surface area contributed by atoms with Crippen molar-refractivity contribution in [1.82, 2.24) is 0 Å². The number of phenols is 1. The van der Waals surface area contributed by atoms with Gasteiger partial charge >= 0.3 is 0 Å². The van der Waals surface area contributed by atoms with Crippen LogP contribution in [0, 0.1) is 0 Å². The molecule has 4 aromatic rings. The first-order valence-corrected chi connectivity index (χ1v) is 11.9. The van der Waals surface area contributed by atoms with Gasteiger partial charge in [-0.05, 0) is 36.4 Å². The molecule has 0 saturated carbocycles. The lowest BCUT2D eigenvalue weighted by Crippen LogP contribution is -2.13. The molecule has 0 aliphatic rings. The number of fused-ring (bicyclic) bond motifs is 1. The molecule has 2 N–H and O–H groups in total. The van der Waals surface area contributed by atoms with Crippen molar-refractivity contribution < 1.29 is 18.3 Å². The third kappa shape index (κ3) is 4.44. The topological polar surface area (TPSA) is 75.6 Å². The Morgan fingerprint density at radius 3 is 2.29 bits per heavy atom. The maximum absolute atomic E-state index is 13.1. The van der Waals surface area contributed by atoms with Crippen molar-refractivity contribution in [3.63, 3.8) is 0 Å². The van der Waals surface area contributed by atoms with E-state index in [1.54, 1.807) is 30.3 Å². The summed E-state index contributed by atoms with van der Waals surface area (Å²) in [5, 5.41) is 12.1. The first-order chi connectivity index (χ1) is 14.9. The fraction of sp³-hybridized carbons (Fsp3) is 0.0435. The van der Waals surface area contributed by atoms with Gasteiger partial charge in [-0.25, -0.2) is 8.42 Å². The summed E-state index contributed by atoms with van der Waals surface area (Å²) >= 11 is 7.47. The van der Waals surface area contributed by atoms with Crippen LogP contribution in [0.1, 0.15) is 0 Å². The first kappa shape index (κ1) is 21.4. The number of hydrogen-bond acceptors (Lipinski definition) is 5. The Morgan fingerprint density at radius 2 is 1.61 bits per heavy atom. The highest BCUT2D eigenvalue weighted by Crippen LogP contribution is 2.43. The zero-order valence-corrected chi connectivity index (χ0v) is 18.8. The molecule has 0 amide bonds. The zero-order valence-electron chi connectivity index (χ0n) is 16.4. The van der Waals surface area contributed by atoms with Crippen molar-refractivity contribution in [2.24, 2.45) is 0 Å². The smallest absolute Gasteiger partial charge is 0.261 e. The largest absolute Gasteiger partial charge is 0.506 e. The Morgan fingerprint density at radius 1 is 0.935 bits per heavy atom. The minimum Gasteiger partial charge on any atom is -0.506 e. The second-order valence-electron chi connectivity index (χ2n) is 6.63. The van der Waals surface area contributed by atoms with Crippen LogP contribution in [0.5, 0.6) is 11.5 Å². The molecule has 8 heteroatoms. The van der Waals surface area contributed by atoms with Gasteiger partial charge in [0.05, 0.1) is 27.6 Å². The Labute approximate surface area is 189 Å². The molecule has 0 aliphatic carbocycles. The van der Waals surface area contributed by atoms with Crippen LogP contribution in [-0.4, -0.2) is 20.6 Å². The van der Waals surface area contributed by atoms with E-state index in [-0.39, 0.29) is 15.7 Å². The lowest BCUT2D eigenvalue weighted by Gasteiger charge is -2.15. The third-order valence-electron chi connectivity index (χ3n) is 4.63. The average molecular weight is 472 g/mol. The molecule has 31 heavy (non-hydrogen) atoms. The lowest BCUT2D eigenvalue weighted by molar-refractivity contribution is 0.414. The van der Waals surface area contributed by atoms with E-state index in [1.807, 2.05) is 30.3 Å². The van der Waals surface area contributed by atoms with Gasteiger partial charge in [0.15, 0.2) is 0 Å². The summed E-state index contributed by atoms with van der Waals surface area (Å²) in [5.41, 5.74) is 0.360. The quantitative estimate of drug-likeness (QED) is 0.329. The first-order valence-electron chi connectivity index (χ1n) is 9.23. The maximum atomic E-state index is 13.1. The van der Waals surface area contributed by atoms with Gasteiger partial charge in [0.25, 0.3) is 10.0 Å². The third-order valence-corrected chi connectivity index (χ3v) is 7.33. The molecule has 0 aromatic heterocycles. The predicted molar refractivity (Wildman–Crippen MR) is 125 cm³/mol. The van der Waals surface area contributed by atoms with E-state index in [0.717, 1.165) is 4.90 Å². The molecule has 0 fully saturated rings. The number of ether oxygens (including phenoxy) is 1. The summed E-state index contributed by atoms with van der Waals surface area (Å²) in [7, 11) is -2.48. The number of methoxy groups -OCH3 is 1. The van der Waals surface area contributed by atoms with Crippen LogP contribution in [-0.2, 0) is 10.0 Å². The summed E-state index contributed by atoms with van der Waals surface area (Å²) in [6, 6.07) is 22.5. The second-order valence-corrected chi connectivity index (χ2v) is 9.84. The molecule has 0 bridgehead atoms. The molecule has 0 unspecified atom stereocenters. The van der Waals surface area contributed by atoms with Gasteiger partial charge in [-0.15, -0.1) is 0 Å². The summed E-state index contributed by atoms with van der Waals surface area (Å²) in [6.45, 7) is 0. The fourth-order valence-electron chi connectivity index (χ4n) is 3.13. The molecule has 0 radical (unpaired) electrons. The standard InChI is InChI=1S/C23H18ClNO4S2/c1-29-21-12-11-16(13-19(21)24)31(27,28)25-20-14-22(30-15-7-3-2-4-8-15)23(26)18-10-6-5-9-17(18)20/h2-14,25-26H,1H3. The molecule has 0 aliphatic heterocycles. The number of sulfonamides is 1. The van der Waals surface area contributed by atoms with Crippen LogP contribution in [0.2, 0.25) is 5.02 Å². The van der Waals surface area contributed by atoms with Crippen LogP contribution in [0.15, 0.2) is 93.5 Å². The van der Waals surface area contributed by atoms with Crippen molar-refractivity contribution in [3.05, 3.63) is 83.9 Å². The van der Waals surface area contributed by atoms with Crippen molar-refractivity contribution in [3.8, 4) is 11.5 Å². The Kier molecular flexibility index (Phi) is 6.00. The normalized spacial score (nSPS) is 11.4. The van der Waals surface area contributed by atoms with Crippen LogP contribution in [0.4, 0.5) is 5.69 Å². The van der Waals surface area contributed by atoms with Crippen molar-refractivity contribution in [2.75, 3.05) is 11.8 Å². The highest BCUT2D eigenvalue weighted by atomic mass is 35.5. The summed E-state index contributed by atoms with van der Waals surface area (Å²) < 4.78 is 33.9. The highest BCUT2D eigenvalue weighted by Gasteiger charge is 2.20. The highest BCUT2D eigenvalue weighted by molar-refractivity contribution is 7.99. The van der Waals surface area contributed by atoms with Crippen LogP contribution in [0.25, 0.3) is 10.8 Å². The number of phenolic OH excluding ortho intramolecular Hbond substituents is 1. The number of benzene rings is 4. The molecule has 0 spiro atoms. The van der Waals surface area contributed by atoms with Crippen molar-refractivity contribution in [2.45, 2.75) is 14.7 Å². The van der Waals surface area contributed by atoms with Crippen LogP contribution >= 0.6 is 23.4 Å². The van der Waals surface area contributed by atoms with Gasteiger partial charge < -0.3 is 9.84 Å². The predicted octanol–water partition coefficient (Wildman–Crippen LogP) is 6.16. The van der Waals surface area contributed by atoms with Crippen LogP contribution < -0.4 is 9.46 Å². The van der Waals surface area contributed by atoms with Gasteiger partial charge in [0.2, 0.25) is 0 Å². The second kappa shape index (κ2) is 8.70. The van der Waals surface area contributed by atoms with Gasteiger partial charge in [-0.2, -0.15) is 0 Å². The monoisotopic (exact) mass is 471 g/mol. The SMILES string of the molecule is COc1ccc(S(=O)(=O)Nc2cc(Sc3ccccc3)c(O)c3ccccc23)cc1Cl. The molecule has 0 atom stereocenters. The van der Waals surface area contributed by atoms with Gasteiger partial charge in [-0.3, -0.25) is 4.72 Å². The Bertz CT molecular complexity index is 1360. The molecule has 158 valence electrons. The fourth-order valence-corrected chi connectivity index (χ4v) is 5.48. The average Bonchev–Trinajstić information content (AvgIpc) is 2.77. The van der Waals surface area contributed by atoms with E-state index in [4.69, 9.17) is 16.3 Å². The lowest BCUT2D eigenvalue weighted by atomic mass is 10.1. The molecule has 4 aromatic carbocycles. The zero-order chi connectivity index (χ0) is 22.0.